The first-order valence-corrected chi connectivity index (χ1v) is 10.2. The number of carboxylic acid groups (broad SMARTS) is 1. The minimum Gasteiger partial charge on any atom is -0.480 e. The molecule has 2 fully saturated rings. The van der Waals surface area contributed by atoms with E-state index in [4.69, 9.17) is 0 Å². The number of nitrogens with zero attached hydrogens (tertiary/aromatic N) is 1. The van der Waals surface area contributed by atoms with Crippen LogP contribution in [0.3, 0.4) is 0 Å². The van der Waals surface area contributed by atoms with E-state index in [1.807, 2.05) is 30.3 Å². The lowest BCUT2D eigenvalue weighted by atomic mass is 10.1. The van der Waals surface area contributed by atoms with Crippen LogP contribution in [-0.4, -0.2) is 56.3 Å². The predicted octanol–water partition coefficient (Wildman–Crippen LogP) is 1.55. The summed E-state index contributed by atoms with van der Waals surface area (Å²) in [6.07, 6.45) is 2.11. The predicted molar refractivity (Wildman–Crippen MR) is 103 cm³/mol. The van der Waals surface area contributed by atoms with Crippen LogP contribution in [0.25, 0.3) is 0 Å². The fraction of sp³-hybridized carbons (Fsp3) is 0.500. The Morgan fingerprint density at radius 2 is 2.00 bits per heavy atom. The quantitative estimate of drug-likeness (QED) is 0.660. The van der Waals surface area contributed by atoms with Gasteiger partial charge in [0.25, 0.3) is 0 Å². The summed E-state index contributed by atoms with van der Waals surface area (Å²) in [5.74, 6) is -0.867. The van der Waals surface area contributed by atoms with Crippen molar-refractivity contribution in [1.29, 1.82) is 0 Å². The van der Waals surface area contributed by atoms with Crippen molar-refractivity contribution in [2.24, 2.45) is 0 Å². The topological polar surface area (TPSA) is 86.7 Å². The molecule has 2 N–H and O–H groups in total. The summed E-state index contributed by atoms with van der Waals surface area (Å²) in [5, 5.41) is 11.5. The van der Waals surface area contributed by atoms with Crippen molar-refractivity contribution in [3.63, 3.8) is 0 Å². The maximum Gasteiger partial charge on any atom is 0.326 e. The van der Waals surface area contributed by atoms with Gasteiger partial charge >= 0.3 is 5.97 Å². The number of aliphatic carboxylic acids is 1. The summed E-state index contributed by atoms with van der Waals surface area (Å²) in [6, 6.07) is 8.08. The number of hydrogen-bond acceptors (Lipinski definition) is 5. The Morgan fingerprint density at radius 3 is 2.69 bits per heavy atom. The van der Waals surface area contributed by atoms with Gasteiger partial charge in [0.15, 0.2) is 0 Å². The minimum absolute atomic E-state index is 0.110. The highest BCUT2D eigenvalue weighted by atomic mass is 32.2. The fourth-order valence-electron chi connectivity index (χ4n) is 3.44. The van der Waals surface area contributed by atoms with Gasteiger partial charge < -0.3 is 15.3 Å². The van der Waals surface area contributed by atoms with E-state index in [1.165, 1.54) is 4.90 Å². The van der Waals surface area contributed by atoms with Crippen LogP contribution in [0, 0.1) is 0 Å². The maximum atomic E-state index is 12.9. The molecule has 0 bridgehead atoms. The third-order valence-electron chi connectivity index (χ3n) is 4.78. The van der Waals surface area contributed by atoms with Crippen LogP contribution in [0.5, 0.6) is 0 Å². The van der Waals surface area contributed by atoms with Crippen molar-refractivity contribution < 1.29 is 19.5 Å². The number of carbonyl (C=O) groups is 3. The summed E-state index contributed by atoms with van der Waals surface area (Å²) >= 11 is 5.97. The smallest absolute Gasteiger partial charge is 0.326 e. The highest BCUT2D eigenvalue weighted by molar-refractivity contribution is 7.99. The standard InChI is InChI=1S/C18H22N2O4S2/c21-16(14(25)10-11-4-2-1-3-5-11)19-12-8-9-26-15-7-6-13(18(23)24)20(15)17(12)22/h1-5,12-15,25H,6-10H2,(H,19,21)(H,23,24)/t12-,13-,14-,15-/m0/s1. The molecule has 2 amide bonds. The van der Waals surface area contributed by atoms with E-state index in [9.17, 15) is 19.5 Å². The van der Waals surface area contributed by atoms with Gasteiger partial charge in [0.1, 0.15) is 12.1 Å². The average Bonchev–Trinajstić information content (AvgIpc) is 2.99. The molecule has 4 atom stereocenters. The Labute approximate surface area is 162 Å². The first-order chi connectivity index (χ1) is 12.5. The normalized spacial score (nSPS) is 26.7. The molecule has 0 spiro atoms. The van der Waals surface area contributed by atoms with Crippen LogP contribution in [0.4, 0.5) is 0 Å². The van der Waals surface area contributed by atoms with Gasteiger partial charge in [-0.05, 0) is 37.0 Å². The van der Waals surface area contributed by atoms with E-state index in [-0.39, 0.29) is 17.2 Å². The van der Waals surface area contributed by atoms with Gasteiger partial charge in [-0.1, -0.05) is 30.3 Å². The number of hydrogen-bond donors (Lipinski definition) is 3. The SMILES string of the molecule is O=C(N[C@H]1CCS[C@H]2CC[C@@H](C(=O)O)N2C1=O)[C@@H](S)Cc1ccccc1. The molecule has 140 valence electrons. The molecule has 0 unspecified atom stereocenters. The molecule has 8 heteroatoms. The molecule has 2 saturated heterocycles. The van der Waals surface area contributed by atoms with Gasteiger partial charge in [-0.3, -0.25) is 9.59 Å². The zero-order chi connectivity index (χ0) is 18.7. The lowest BCUT2D eigenvalue weighted by Gasteiger charge is -2.28. The van der Waals surface area contributed by atoms with Crippen LogP contribution in [0.1, 0.15) is 24.8 Å². The Hall–Kier alpha value is -1.67. The van der Waals surface area contributed by atoms with E-state index < -0.39 is 23.3 Å². The molecule has 2 aliphatic heterocycles. The highest BCUT2D eigenvalue weighted by Crippen LogP contribution is 2.35. The summed E-state index contributed by atoms with van der Waals surface area (Å²) in [7, 11) is 0. The second kappa shape index (κ2) is 8.35. The van der Waals surface area contributed by atoms with Crippen molar-refractivity contribution in [3.8, 4) is 0 Å². The van der Waals surface area contributed by atoms with E-state index >= 15 is 0 Å². The summed E-state index contributed by atoms with van der Waals surface area (Å²) in [6.45, 7) is 0. The zero-order valence-corrected chi connectivity index (χ0v) is 15.9. The molecular formula is C18H22N2O4S2. The Bertz CT molecular complexity index is 685. The molecule has 1 aromatic rings. The molecular weight excluding hydrogens is 372 g/mol. The van der Waals surface area contributed by atoms with Gasteiger partial charge in [-0.25, -0.2) is 4.79 Å². The van der Waals surface area contributed by atoms with Crippen molar-refractivity contribution >= 4 is 42.2 Å². The molecule has 2 aliphatic rings. The Kier molecular flexibility index (Phi) is 6.13. The van der Waals surface area contributed by atoms with Crippen molar-refractivity contribution in [1.82, 2.24) is 10.2 Å². The number of thioether (sulfide) groups is 1. The third kappa shape index (κ3) is 4.17. The number of rotatable bonds is 5. The summed E-state index contributed by atoms with van der Waals surface area (Å²) < 4.78 is 0. The number of carbonyl (C=O) groups excluding carboxylic acids is 2. The molecule has 0 saturated carbocycles. The molecule has 6 nitrogen and oxygen atoms in total. The third-order valence-corrected chi connectivity index (χ3v) is 6.51. The van der Waals surface area contributed by atoms with Crippen LogP contribution in [-0.2, 0) is 20.8 Å². The van der Waals surface area contributed by atoms with Gasteiger partial charge in [0.05, 0.1) is 10.6 Å². The zero-order valence-electron chi connectivity index (χ0n) is 14.2. The van der Waals surface area contributed by atoms with E-state index in [2.05, 4.69) is 17.9 Å². The van der Waals surface area contributed by atoms with E-state index in [0.29, 0.717) is 31.4 Å². The van der Waals surface area contributed by atoms with Gasteiger partial charge in [0.2, 0.25) is 11.8 Å². The summed E-state index contributed by atoms with van der Waals surface area (Å²) in [4.78, 5) is 38.3. The summed E-state index contributed by atoms with van der Waals surface area (Å²) in [5.41, 5.74) is 0.996. The van der Waals surface area contributed by atoms with Gasteiger partial charge in [-0.2, -0.15) is 12.6 Å². The van der Waals surface area contributed by atoms with Gasteiger partial charge in [0, 0.05) is 0 Å². The molecule has 0 radical (unpaired) electrons. The number of amides is 2. The lowest BCUT2D eigenvalue weighted by Crippen LogP contribution is -2.53. The monoisotopic (exact) mass is 394 g/mol. The number of nitrogens with one attached hydrogen (secondary N) is 1. The van der Waals surface area contributed by atoms with Crippen molar-refractivity contribution in [2.45, 2.75) is 48.4 Å². The molecule has 2 heterocycles. The molecule has 0 aromatic heterocycles. The first-order valence-electron chi connectivity index (χ1n) is 8.66. The minimum atomic E-state index is -0.982. The first kappa shape index (κ1) is 19.1. The van der Waals surface area contributed by atoms with Crippen molar-refractivity contribution in [2.75, 3.05) is 5.75 Å². The second-order valence-electron chi connectivity index (χ2n) is 6.56. The van der Waals surface area contributed by atoms with Crippen LogP contribution in [0.2, 0.25) is 0 Å². The highest BCUT2D eigenvalue weighted by Gasteiger charge is 2.45. The van der Waals surface area contributed by atoms with E-state index in [0.717, 1.165) is 5.56 Å². The molecule has 1 aromatic carbocycles. The van der Waals surface area contributed by atoms with Crippen molar-refractivity contribution in [3.05, 3.63) is 35.9 Å². The van der Waals surface area contributed by atoms with Crippen LogP contribution >= 0.6 is 24.4 Å². The molecule has 26 heavy (non-hydrogen) atoms. The van der Waals surface area contributed by atoms with Crippen LogP contribution in [0.15, 0.2) is 30.3 Å². The maximum absolute atomic E-state index is 12.9. The lowest BCUT2D eigenvalue weighted by molar-refractivity contribution is -0.149. The largest absolute Gasteiger partial charge is 0.480 e. The fourth-order valence-corrected chi connectivity index (χ4v) is 5.08. The number of thiol groups is 1. The Balaban J connectivity index is 1.65. The average molecular weight is 395 g/mol. The number of carboxylic acids is 1. The van der Waals surface area contributed by atoms with E-state index in [1.54, 1.807) is 11.8 Å². The second-order valence-corrected chi connectivity index (χ2v) is 8.47. The van der Waals surface area contributed by atoms with Gasteiger partial charge in [-0.15, -0.1) is 11.8 Å². The molecule has 3 rings (SSSR count). The number of fused-ring (bicyclic) bond motifs is 1. The molecule has 0 aliphatic carbocycles. The van der Waals surface area contributed by atoms with Crippen LogP contribution < -0.4 is 5.32 Å². The number of benzene rings is 1. The Morgan fingerprint density at radius 1 is 1.27 bits per heavy atom.